The highest BCUT2D eigenvalue weighted by molar-refractivity contribution is 7.09. The van der Waals surface area contributed by atoms with Crippen molar-refractivity contribution >= 4 is 34.9 Å². The topological polar surface area (TPSA) is 73.8 Å². The lowest BCUT2D eigenvalue weighted by Crippen LogP contribution is -2.51. The maximum Gasteiger partial charge on any atom is 0.241 e. The molecule has 2 aliphatic heterocycles. The van der Waals surface area contributed by atoms with Crippen molar-refractivity contribution in [3.05, 3.63) is 82.7 Å². The van der Waals surface area contributed by atoms with Gasteiger partial charge in [0.2, 0.25) is 17.7 Å². The molecule has 3 aromatic rings. The van der Waals surface area contributed by atoms with Gasteiger partial charge in [0.25, 0.3) is 0 Å². The van der Waals surface area contributed by atoms with E-state index >= 15 is 0 Å². The molecule has 2 fully saturated rings. The first-order chi connectivity index (χ1) is 16.6. The number of thiophene rings is 1. The summed E-state index contributed by atoms with van der Waals surface area (Å²) in [5, 5.41) is 1.93. The number of piperazine rings is 1. The maximum atomic E-state index is 13.7. The Balaban J connectivity index is 1.35. The molecule has 0 N–H and O–H groups in total. The van der Waals surface area contributed by atoms with E-state index in [-0.39, 0.29) is 37.1 Å². The van der Waals surface area contributed by atoms with Crippen molar-refractivity contribution in [2.45, 2.75) is 24.8 Å². The van der Waals surface area contributed by atoms with E-state index in [1.54, 1.807) is 6.20 Å². The molecule has 0 bridgehead atoms. The maximum absolute atomic E-state index is 13.7. The molecule has 0 radical (unpaired) electrons. The zero-order valence-electron chi connectivity index (χ0n) is 18.8. The van der Waals surface area contributed by atoms with Crippen molar-refractivity contribution in [3.8, 4) is 0 Å². The van der Waals surface area contributed by atoms with Gasteiger partial charge in [0, 0.05) is 50.1 Å². The summed E-state index contributed by atoms with van der Waals surface area (Å²) < 4.78 is 0. The van der Waals surface area contributed by atoms with Crippen LogP contribution in [0.3, 0.4) is 0 Å². The lowest BCUT2D eigenvalue weighted by Gasteiger charge is -2.37. The number of likely N-dealkylation sites (tertiary alicyclic amines) is 1. The fraction of sp³-hybridized carbons (Fsp3) is 0.308. The van der Waals surface area contributed by atoms with Crippen LogP contribution >= 0.6 is 11.3 Å². The molecule has 7 nitrogen and oxygen atoms in total. The van der Waals surface area contributed by atoms with Gasteiger partial charge >= 0.3 is 0 Å². The Morgan fingerprint density at radius 2 is 1.71 bits per heavy atom. The molecule has 2 aliphatic rings. The summed E-state index contributed by atoms with van der Waals surface area (Å²) in [5.74, 6) is 0.299. The Labute approximate surface area is 202 Å². The van der Waals surface area contributed by atoms with E-state index in [9.17, 15) is 14.4 Å². The van der Waals surface area contributed by atoms with Gasteiger partial charge in [0.1, 0.15) is 5.82 Å². The average molecular weight is 475 g/mol. The number of carbonyl (C=O) groups excluding carboxylic acids is 3. The molecule has 2 aromatic heterocycles. The molecule has 0 saturated carbocycles. The van der Waals surface area contributed by atoms with Crippen LogP contribution in [0.25, 0.3) is 0 Å². The molecule has 0 spiro atoms. The van der Waals surface area contributed by atoms with E-state index in [4.69, 9.17) is 0 Å². The minimum atomic E-state index is -1.16. The molecule has 34 heavy (non-hydrogen) atoms. The zero-order chi connectivity index (χ0) is 23.5. The molecule has 0 unspecified atom stereocenters. The van der Waals surface area contributed by atoms with E-state index in [1.807, 2.05) is 70.9 Å². The van der Waals surface area contributed by atoms with Gasteiger partial charge in [-0.05, 0) is 29.1 Å². The molecule has 8 heteroatoms. The number of nitrogens with zero attached hydrogens (tertiary/aromatic N) is 4. The lowest BCUT2D eigenvalue weighted by molar-refractivity contribution is -0.143. The third kappa shape index (κ3) is 4.21. The standard InChI is InChI=1S/C26H26N4O3S/c31-23(29-14-12-28(13-15-29)22-10-4-5-11-27-22)17-26(20-7-2-1-3-8-20)18-24(32)30(25(26)33)19-21-9-6-16-34-21/h1-11,16H,12-15,17-19H2/t26-/m1/s1. The van der Waals surface area contributed by atoms with Crippen LogP contribution in [-0.2, 0) is 26.3 Å². The molecule has 174 valence electrons. The van der Waals surface area contributed by atoms with Crippen LogP contribution in [-0.4, -0.2) is 58.7 Å². The second kappa shape index (κ2) is 9.38. The van der Waals surface area contributed by atoms with Gasteiger partial charge in [-0.25, -0.2) is 4.98 Å². The van der Waals surface area contributed by atoms with Crippen molar-refractivity contribution in [2.24, 2.45) is 0 Å². The van der Waals surface area contributed by atoms with E-state index in [1.165, 1.54) is 16.2 Å². The number of aromatic nitrogens is 1. The van der Waals surface area contributed by atoms with Crippen molar-refractivity contribution in [3.63, 3.8) is 0 Å². The second-order valence-electron chi connectivity index (χ2n) is 8.72. The highest BCUT2D eigenvalue weighted by atomic mass is 32.1. The van der Waals surface area contributed by atoms with Crippen LogP contribution in [0.2, 0.25) is 0 Å². The highest BCUT2D eigenvalue weighted by Crippen LogP contribution is 2.41. The van der Waals surface area contributed by atoms with Gasteiger partial charge < -0.3 is 9.80 Å². The fourth-order valence-electron chi connectivity index (χ4n) is 4.84. The number of benzene rings is 1. The van der Waals surface area contributed by atoms with E-state index < -0.39 is 5.41 Å². The molecule has 5 rings (SSSR count). The van der Waals surface area contributed by atoms with Crippen molar-refractivity contribution in [2.75, 3.05) is 31.1 Å². The Morgan fingerprint density at radius 1 is 0.941 bits per heavy atom. The smallest absolute Gasteiger partial charge is 0.241 e. The van der Waals surface area contributed by atoms with Gasteiger partial charge in [-0.1, -0.05) is 42.5 Å². The van der Waals surface area contributed by atoms with Gasteiger partial charge in [0.05, 0.1) is 12.0 Å². The minimum absolute atomic E-state index is 0.00782. The summed E-state index contributed by atoms with van der Waals surface area (Å²) in [6.07, 6.45) is 1.77. The van der Waals surface area contributed by atoms with Gasteiger partial charge in [-0.3, -0.25) is 19.3 Å². The predicted molar refractivity (Wildman–Crippen MR) is 130 cm³/mol. The van der Waals surface area contributed by atoms with Crippen LogP contribution < -0.4 is 4.90 Å². The Bertz CT molecular complexity index is 1160. The van der Waals surface area contributed by atoms with Crippen LogP contribution in [0.15, 0.2) is 72.2 Å². The quantitative estimate of drug-likeness (QED) is 0.514. The number of anilines is 1. The summed E-state index contributed by atoms with van der Waals surface area (Å²) in [5.41, 5.74) is -0.437. The number of imide groups is 1. The number of amides is 3. The first kappa shape index (κ1) is 22.3. The van der Waals surface area contributed by atoms with E-state index in [0.29, 0.717) is 26.2 Å². The molecule has 3 amide bonds. The molecule has 4 heterocycles. The van der Waals surface area contributed by atoms with Crippen LogP contribution in [0.5, 0.6) is 0 Å². The van der Waals surface area contributed by atoms with E-state index in [2.05, 4.69) is 9.88 Å². The fourth-order valence-corrected chi connectivity index (χ4v) is 5.53. The largest absolute Gasteiger partial charge is 0.353 e. The first-order valence-electron chi connectivity index (χ1n) is 11.4. The average Bonchev–Trinajstić information content (AvgIpc) is 3.48. The summed E-state index contributed by atoms with van der Waals surface area (Å²) in [6, 6.07) is 18.9. The Morgan fingerprint density at radius 3 is 2.38 bits per heavy atom. The predicted octanol–water partition coefficient (Wildman–Crippen LogP) is 3.08. The summed E-state index contributed by atoms with van der Waals surface area (Å²) in [4.78, 5) is 50.9. The molecular formula is C26H26N4O3S. The third-order valence-electron chi connectivity index (χ3n) is 6.69. The number of hydrogen-bond acceptors (Lipinski definition) is 6. The molecular weight excluding hydrogens is 448 g/mol. The lowest BCUT2D eigenvalue weighted by atomic mass is 9.75. The minimum Gasteiger partial charge on any atom is -0.353 e. The van der Waals surface area contributed by atoms with Gasteiger partial charge in [-0.15, -0.1) is 11.3 Å². The number of carbonyl (C=O) groups is 3. The van der Waals surface area contributed by atoms with E-state index in [0.717, 1.165) is 16.3 Å². The van der Waals surface area contributed by atoms with Gasteiger partial charge in [0.15, 0.2) is 0 Å². The number of rotatable bonds is 6. The van der Waals surface area contributed by atoms with Gasteiger partial charge in [-0.2, -0.15) is 0 Å². The molecule has 0 aliphatic carbocycles. The Hall–Kier alpha value is -3.52. The Kier molecular flexibility index (Phi) is 6.15. The van der Waals surface area contributed by atoms with Crippen LogP contribution in [0.1, 0.15) is 23.3 Å². The molecule has 1 atom stereocenters. The van der Waals surface area contributed by atoms with Crippen molar-refractivity contribution in [1.29, 1.82) is 0 Å². The monoisotopic (exact) mass is 474 g/mol. The number of hydrogen-bond donors (Lipinski definition) is 0. The first-order valence-corrected chi connectivity index (χ1v) is 12.3. The summed E-state index contributed by atoms with van der Waals surface area (Å²) in [6.45, 7) is 2.72. The number of pyridine rings is 1. The SMILES string of the molecule is O=C(C[C@]1(c2ccccc2)CC(=O)N(Cc2cccs2)C1=O)N1CCN(c2ccccn2)CC1. The van der Waals surface area contributed by atoms with Crippen molar-refractivity contribution in [1.82, 2.24) is 14.8 Å². The van der Waals surface area contributed by atoms with Crippen LogP contribution in [0, 0.1) is 0 Å². The second-order valence-corrected chi connectivity index (χ2v) is 9.75. The van der Waals surface area contributed by atoms with Crippen molar-refractivity contribution < 1.29 is 14.4 Å². The summed E-state index contributed by atoms with van der Waals surface area (Å²) in [7, 11) is 0. The van der Waals surface area contributed by atoms with Crippen LogP contribution in [0.4, 0.5) is 5.82 Å². The summed E-state index contributed by atoms with van der Waals surface area (Å²) >= 11 is 1.51. The normalized spacial score (nSPS) is 20.8. The third-order valence-corrected chi connectivity index (χ3v) is 7.55. The highest BCUT2D eigenvalue weighted by Gasteiger charge is 2.54. The molecule has 1 aromatic carbocycles. The molecule has 2 saturated heterocycles. The zero-order valence-corrected chi connectivity index (χ0v) is 19.6.